The largest absolute Gasteiger partial charge is 0.287 e. The first-order valence-corrected chi connectivity index (χ1v) is 34.8. The van der Waals surface area contributed by atoms with Crippen molar-refractivity contribution in [1.82, 2.24) is 0 Å². The second-order valence-corrected chi connectivity index (χ2v) is 23.1. The number of hydrogen-bond donors (Lipinski definition) is 0. The lowest BCUT2D eigenvalue weighted by molar-refractivity contribution is -0.382. The number of nitro groups is 1. The van der Waals surface area contributed by atoms with Crippen LogP contribution in [-0.4, -0.2) is 4.92 Å². The van der Waals surface area contributed by atoms with Gasteiger partial charge in [0.05, 0.1) is 60.8 Å². The number of fused-ring (bicyclic) bond motifs is 6. The van der Waals surface area contributed by atoms with Crippen molar-refractivity contribution in [1.29, 1.82) is 21.0 Å². The van der Waals surface area contributed by atoms with E-state index < -0.39 is 0 Å². The van der Waals surface area contributed by atoms with E-state index in [1.54, 1.807) is 57.5 Å². The normalized spacial score (nSPS) is 9.15. The first-order valence-electron chi connectivity index (χ1n) is 29.1. The van der Waals surface area contributed by atoms with E-state index in [2.05, 4.69) is 64.5 Å². The molecule has 0 unspecified atom stereocenters. The molecule has 12 rings (SSSR count). The summed E-state index contributed by atoms with van der Waals surface area (Å²) in [6, 6.07) is 38.1. The molecular weight excluding hydrogens is 1230 g/mol. The lowest BCUT2D eigenvalue weighted by atomic mass is 10.0. The van der Waals surface area contributed by atoms with E-state index in [0.717, 1.165) is 90.5 Å². The highest BCUT2D eigenvalue weighted by atomic mass is 35.5. The van der Waals surface area contributed by atoms with Gasteiger partial charge in [-0.25, -0.2) is 9.69 Å². The second kappa shape index (κ2) is 41.8. The maximum absolute atomic E-state index is 10.7. The number of nitrogens with zero attached hydrogens (tertiary/aromatic N) is 7. The van der Waals surface area contributed by atoms with E-state index in [-0.39, 0.29) is 10.6 Å². The number of rotatable bonds is 1. The van der Waals surface area contributed by atoms with E-state index in [9.17, 15) is 10.1 Å². The fourth-order valence-electron chi connectivity index (χ4n) is 8.35. The molecular formula is C73H78ClN7O2S6. The molecule has 0 saturated carbocycles. The first-order chi connectivity index (χ1) is 43.1. The Hall–Kier alpha value is -8.29. The zero-order valence-electron chi connectivity index (χ0n) is 54.4. The third kappa shape index (κ3) is 20.4. The Morgan fingerprint density at radius 3 is 1.40 bits per heavy atom. The predicted molar refractivity (Wildman–Crippen MR) is 395 cm³/mol. The van der Waals surface area contributed by atoms with Crippen LogP contribution in [0.5, 0.6) is 0 Å². The summed E-state index contributed by atoms with van der Waals surface area (Å²) in [4.78, 5) is 17.3. The highest BCUT2D eigenvalue weighted by Gasteiger charge is 2.14. The summed E-state index contributed by atoms with van der Waals surface area (Å²) in [5, 5.41) is 65.3. The molecule has 0 radical (unpaired) electrons. The van der Waals surface area contributed by atoms with Gasteiger partial charge in [0.2, 0.25) is 0 Å². The monoisotopic (exact) mass is 1310 g/mol. The molecule has 16 heteroatoms. The van der Waals surface area contributed by atoms with Crippen molar-refractivity contribution in [3.63, 3.8) is 0 Å². The third-order valence-corrected chi connectivity index (χ3v) is 18.5. The van der Waals surface area contributed by atoms with Gasteiger partial charge in [0.1, 0.15) is 22.9 Å². The summed E-state index contributed by atoms with van der Waals surface area (Å²) in [7, 11) is 0. The Kier molecular flexibility index (Phi) is 37.0. The van der Waals surface area contributed by atoms with Gasteiger partial charge < -0.3 is 0 Å². The van der Waals surface area contributed by atoms with Crippen LogP contribution < -0.4 is 0 Å². The summed E-state index contributed by atoms with van der Waals surface area (Å²) < 4.78 is 6.25. The molecule has 12 aromatic rings. The van der Waals surface area contributed by atoms with Crippen LogP contribution in [0.15, 0.2) is 123 Å². The Morgan fingerprint density at radius 2 is 0.876 bits per heavy atom. The van der Waals surface area contributed by atoms with Gasteiger partial charge in [-0.1, -0.05) is 143 Å². The molecule has 6 aromatic carbocycles. The van der Waals surface area contributed by atoms with Crippen LogP contribution in [-0.2, 0) is 0 Å². The second-order valence-electron chi connectivity index (χ2n) is 17.2. The van der Waals surface area contributed by atoms with Crippen LogP contribution in [0.3, 0.4) is 0 Å². The standard InChI is InChI=1S/C11H6N2S.C11H9NS.C10H6ClNS.2C10H7NS.C9H7NO2S.6C2H6/c1-7-5-8(6-12)11-9(3-4-14-11)10(7)13-2;1-7-5-9-3-4-13-11(9)8(2)10(7)6-12;1-6-4-7-2-3-13-10(7)8(5-12)9(6)11;1-7-3-4-9(11-2)8-5-6-12-10(7)8;1-7-2-3-8-4-5-12-10(8)9(7)6-11;1-6-4-7-2-3-13-9(7)8(5-6)10(11)12;6*1-2/h3-5H,1H3;3-5H,1-2H3;2-4H,1H3;3-6H,1H3;2-5H,1H3;2-5H,1H3;6*1-2H3. The zero-order valence-corrected chi connectivity index (χ0v) is 60.1. The molecule has 0 bridgehead atoms. The number of thiophene rings is 6. The van der Waals surface area contributed by atoms with Crippen LogP contribution in [0.2, 0.25) is 5.02 Å². The number of nitriles is 4. The molecule has 0 aliphatic heterocycles. The van der Waals surface area contributed by atoms with Crippen molar-refractivity contribution < 1.29 is 4.92 Å². The number of hydrogen-bond acceptors (Lipinski definition) is 12. The molecule has 0 N–H and O–H groups in total. The smallest absolute Gasteiger partial charge is 0.258 e. The average molecular weight is 1310 g/mol. The van der Waals surface area contributed by atoms with Gasteiger partial charge in [0.25, 0.3) is 5.69 Å². The maximum atomic E-state index is 10.7. The van der Waals surface area contributed by atoms with E-state index in [1.165, 1.54) is 48.4 Å². The van der Waals surface area contributed by atoms with Crippen LogP contribution in [0.25, 0.3) is 70.2 Å². The zero-order chi connectivity index (χ0) is 67.5. The third-order valence-electron chi connectivity index (χ3n) is 12.1. The number of halogens is 1. The van der Waals surface area contributed by atoms with Crippen molar-refractivity contribution >= 4 is 157 Å². The molecule has 0 aliphatic carbocycles. The molecule has 0 spiro atoms. The summed E-state index contributed by atoms with van der Waals surface area (Å²) in [5.74, 6) is 0. The topological polar surface area (TPSA) is 147 Å². The fourth-order valence-corrected chi connectivity index (χ4v) is 13.9. The van der Waals surface area contributed by atoms with E-state index in [4.69, 9.17) is 45.8 Å². The van der Waals surface area contributed by atoms with Crippen molar-refractivity contribution in [2.45, 2.75) is 132 Å². The van der Waals surface area contributed by atoms with Crippen LogP contribution in [0.4, 0.5) is 17.1 Å². The first kappa shape index (κ1) is 78.7. The fraction of sp³-hybridized carbons (Fsp3) is 0.260. The number of benzene rings is 6. The van der Waals surface area contributed by atoms with Gasteiger partial charge >= 0.3 is 0 Å². The van der Waals surface area contributed by atoms with Crippen LogP contribution >= 0.6 is 79.6 Å². The minimum atomic E-state index is -0.328. The Morgan fingerprint density at radius 1 is 0.427 bits per heavy atom. The maximum Gasteiger partial charge on any atom is 0.287 e. The van der Waals surface area contributed by atoms with Crippen molar-refractivity contribution in [3.8, 4) is 24.3 Å². The lowest BCUT2D eigenvalue weighted by Gasteiger charge is -2.02. The molecule has 9 nitrogen and oxygen atoms in total. The van der Waals surface area contributed by atoms with Crippen LogP contribution in [0.1, 0.15) is 144 Å². The quantitative estimate of drug-likeness (QED) is 0.0908. The molecule has 6 heterocycles. The Balaban J connectivity index is 0.000000516. The number of nitro benzene ring substituents is 1. The highest BCUT2D eigenvalue weighted by Crippen LogP contribution is 2.37. The summed E-state index contributed by atoms with van der Waals surface area (Å²) >= 11 is 15.5. The SMILES string of the molecule is CC.CC.CC.CC.CC.CC.Cc1cc([N+](=O)[O-])c2sccc2c1.Cc1cc2ccsc2c(C#N)c1Cl.Cc1cc2ccsc2c(C)c1C#N.Cc1ccc2ccsc2c1C#N.[C-]#[N+]c1c(C)cc(C#N)c2sccc12.[C-]#[N+]c1ccc(C)c2sccc12. The molecule has 6 aromatic heterocycles. The molecule has 0 atom stereocenters. The summed E-state index contributed by atoms with van der Waals surface area (Å²) in [5.41, 5.74) is 11.8. The van der Waals surface area contributed by atoms with Crippen LogP contribution in [0, 0.1) is 117 Å². The van der Waals surface area contributed by atoms with Gasteiger partial charge in [-0.05, 0) is 188 Å². The number of aryl methyl sites for hydroxylation is 7. The minimum absolute atomic E-state index is 0.213. The van der Waals surface area contributed by atoms with Crippen molar-refractivity contribution in [2.24, 2.45) is 0 Å². The molecule has 460 valence electrons. The van der Waals surface area contributed by atoms with Gasteiger partial charge in [0.15, 0.2) is 11.4 Å². The van der Waals surface area contributed by atoms with Crippen molar-refractivity contribution in [2.75, 3.05) is 0 Å². The predicted octanol–water partition coefficient (Wildman–Crippen LogP) is 26.9. The van der Waals surface area contributed by atoms with E-state index in [0.29, 0.717) is 21.8 Å². The van der Waals surface area contributed by atoms with E-state index >= 15 is 0 Å². The Bertz CT molecular complexity index is 4470. The molecule has 0 saturated heterocycles. The van der Waals surface area contributed by atoms with Gasteiger partial charge in [-0.2, -0.15) is 21.0 Å². The summed E-state index contributed by atoms with van der Waals surface area (Å²) in [6.07, 6.45) is 0. The van der Waals surface area contributed by atoms with Gasteiger partial charge in [-0.15, -0.1) is 68.0 Å². The molecule has 89 heavy (non-hydrogen) atoms. The molecule has 0 fully saturated rings. The molecule has 0 amide bonds. The molecule has 0 aliphatic rings. The van der Waals surface area contributed by atoms with Gasteiger partial charge in [-0.3, -0.25) is 10.1 Å². The number of non-ortho nitro benzene ring substituents is 1. The van der Waals surface area contributed by atoms with E-state index in [1.807, 2.05) is 212 Å². The lowest BCUT2D eigenvalue weighted by Crippen LogP contribution is -1.88. The van der Waals surface area contributed by atoms with Gasteiger partial charge in [0, 0.05) is 20.2 Å². The van der Waals surface area contributed by atoms with Crippen molar-refractivity contribution in [3.05, 3.63) is 222 Å². The average Bonchev–Trinajstić information content (AvgIpc) is 3.26. The highest BCUT2D eigenvalue weighted by molar-refractivity contribution is 7.19. The Labute approximate surface area is 557 Å². The minimum Gasteiger partial charge on any atom is -0.258 e. The summed E-state index contributed by atoms with van der Waals surface area (Å²) in [6.45, 7) is 51.7.